The minimum absolute atomic E-state index is 0.0807. The molecule has 2 fully saturated rings. The highest BCUT2D eigenvalue weighted by molar-refractivity contribution is 5.94. The Morgan fingerprint density at radius 1 is 1.32 bits per heavy atom. The molecule has 2 atom stereocenters. The van der Waals surface area contributed by atoms with E-state index in [1.807, 2.05) is 25.1 Å². The van der Waals surface area contributed by atoms with Gasteiger partial charge in [0.25, 0.3) is 5.91 Å². The topological polar surface area (TPSA) is 61.0 Å². The van der Waals surface area contributed by atoms with E-state index in [2.05, 4.69) is 27.2 Å². The van der Waals surface area contributed by atoms with Gasteiger partial charge < -0.3 is 15.2 Å². The number of benzene rings is 1. The van der Waals surface area contributed by atoms with E-state index in [1.165, 1.54) is 12.8 Å². The van der Waals surface area contributed by atoms with Crippen LogP contribution in [0.25, 0.3) is 11.0 Å². The van der Waals surface area contributed by atoms with Crippen LogP contribution in [0.1, 0.15) is 41.9 Å². The number of fused-ring (bicyclic) bond motifs is 3. The van der Waals surface area contributed by atoms with Crippen LogP contribution in [0.5, 0.6) is 0 Å². The summed E-state index contributed by atoms with van der Waals surface area (Å²) in [7, 11) is 2.21. The molecule has 1 amide bonds. The van der Waals surface area contributed by atoms with Crippen LogP contribution < -0.4 is 5.32 Å². The van der Waals surface area contributed by atoms with E-state index < -0.39 is 0 Å². The first-order chi connectivity index (χ1) is 10.6. The maximum atomic E-state index is 12.5. The smallest absolute Gasteiger partial charge is 0.287 e. The van der Waals surface area contributed by atoms with Gasteiger partial charge in [-0.25, -0.2) is 4.98 Å². The van der Waals surface area contributed by atoms with Crippen LogP contribution in [0.15, 0.2) is 18.2 Å². The van der Waals surface area contributed by atoms with E-state index in [9.17, 15) is 4.79 Å². The number of aromatic nitrogens is 2. The first-order valence-corrected chi connectivity index (χ1v) is 8.09. The number of aromatic amines is 1. The molecule has 2 aromatic rings. The highest BCUT2D eigenvalue weighted by Gasteiger charge is 2.39. The first-order valence-electron chi connectivity index (χ1n) is 8.09. The summed E-state index contributed by atoms with van der Waals surface area (Å²) >= 11 is 0. The largest absolute Gasteiger partial charge is 0.347 e. The third kappa shape index (κ3) is 2.29. The summed E-state index contributed by atoms with van der Waals surface area (Å²) in [5.41, 5.74) is 2.92. The Kier molecular flexibility index (Phi) is 3.18. The first kappa shape index (κ1) is 13.8. The fraction of sp³-hybridized carbons (Fsp3) is 0.529. The van der Waals surface area contributed by atoms with Crippen molar-refractivity contribution in [3.05, 3.63) is 29.6 Å². The van der Waals surface area contributed by atoms with Crippen molar-refractivity contribution < 1.29 is 4.79 Å². The van der Waals surface area contributed by atoms with Crippen LogP contribution in [0, 0.1) is 6.92 Å². The van der Waals surface area contributed by atoms with E-state index in [1.54, 1.807) is 0 Å². The molecule has 1 aromatic carbocycles. The lowest BCUT2D eigenvalue weighted by atomic mass is 9.98. The van der Waals surface area contributed by atoms with Crippen LogP contribution >= 0.6 is 0 Å². The zero-order chi connectivity index (χ0) is 15.3. The third-order valence-electron chi connectivity index (χ3n) is 5.29. The number of nitrogens with one attached hydrogen (secondary N) is 2. The maximum Gasteiger partial charge on any atom is 0.287 e. The lowest BCUT2D eigenvalue weighted by Crippen LogP contribution is -2.48. The number of piperidine rings is 1. The van der Waals surface area contributed by atoms with Crippen LogP contribution in [0.3, 0.4) is 0 Å². The van der Waals surface area contributed by atoms with E-state index in [0.29, 0.717) is 17.9 Å². The number of rotatable bonds is 2. The van der Waals surface area contributed by atoms with Gasteiger partial charge in [-0.3, -0.25) is 4.79 Å². The minimum atomic E-state index is -0.0807. The molecular formula is C17H22N4O. The Morgan fingerprint density at radius 3 is 2.77 bits per heavy atom. The van der Waals surface area contributed by atoms with Crippen molar-refractivity contribution in [2.24, 2.45) is 0 Å². The lowest BCUT2D eigenvalue weighted by molar-refractivity contribution is 0.0873. The van der Waals surface area contributed by atoms with E-state index in [-0.39, 0.29) is 11.9 Å². The molecule has 4 rings (SSSR count). The van der Waals surface area contributed by atoms with Crippen molar-refractivity contribution in [2.75, 3.05) is 7.05 Å². The van der Waals surface area contributed by atoms with Crippen molar-refractivity contribution in [3.8, 4) is 0 Å². The number of H-pyrrole nitrogens is 1. The van der Waals surface area contributed by atoms with Crippen molar-refractivity contribution in [1.29, 1.82) is 0 Å². The minimum Gasteiger partial charge on any atom is -0.347 e. The molecule has 2 aliphatic heterocycles. The van der Waals surface area contributed by atoms with Gasteiger partial charge in [0.15, 0.2) is 5.82 Å². The summed E-state index contributed by atoms with van der Waals surface area (Å²) in [6, 6.07) is 7.53. The SMILES string of the molecule is Cc1ccc2[nH]c(C(=O)NC3CC4CCC(C3)N4C)nc2c1. The van der Waals surface area contributed by atoms with Crippen molar-refractivity contribution in [3.63, 3.8) is 0 Å². The van der Waals surface area contributed by atoms with Crippen LogP contribution in [-0.4, -0.2) is 45.9 Å². The molecule has 2 bridgehead atoms. The van der Waals surface area contributed by atoms with Crippen LogP contribution in [0.4, 0.5) is 0 Å². The molecule has 2 N–H and O–H groups in total. The predicted molar refractivity (Wildman–Crippen MR) is 85.9 cm³/mol. The van der Waals surface area contributed by atoms with Gasteiger partial charge in [-0.1, -0.05) is 6.07 Å². The molecule has 2 unspecified atom stereocenters. The second kappa shape index (κ2) is 5.09. The molecular weight excluding hydrogens is 276 g/mol. The molecule has 116 valence electrons. The Morgan fingerprint density at radius 2 is 2.05 bits per heavy atom. The molecule has 1 aromatic heterocycles. The molecule has 3 heterocycles. The van der Waals surface area contributed by atoms with Gasteiger partial charge >= 0.3 is 0 Å². The number of hydrogen-bond acceptors (Lipinski definition) is 3. The normalized spacial score (nSPS) is 28.2. The van der Waals surface area contributed by atoms with Gasteiger partial charge in [-0.05, 0) is 57.4 Å². The zero-order valence-electron chi connectivity index (χ0n) is 13.1. The van der Waals surface area contributed by atoms with Crippen LogP contribution in [-0.2, 0) is 0 Å². The number of amides is 1. The average molecular weight is 298 g/mol. The van der Waals surface area contributed by atoms with Crippen molar-refractivity contribution in [2.45, 2.75) is 50.7 Å². The fourth-order valence-corrected chi connectivity index (χ4v) is 4.01. The summed E-state index contributed by atoms with van der Waals surface area (Å²) in [6.45, 7) is 2.03. The van der Waals surface area contributed by atoms with Crippen molar-refractivity contribution >= 4 is 16.9 Å². The Bertz CT molecular complexity index is 709. The van der Waals surface area contributed by atoms with Gasteiger partial charge in [-0.2, -0.15) is 0 Å². The van der Waals surface area contributed by atoms with Crippen molar-refractivity contribution in [1.82, 2.24) is 20.2 Å². The summed E-state index contributed by atoms with van der Waals surface area (Å²) in [5, 5.41) is 3.17. The highest BCUT2D eigenvalue weighted by Crippen LogP contribution is 2.34. The number of aryl methyl sites for hydroxylation is 1. The average Bonchev–Trinajstić information content (AvgIpc) is 2.97. The quantitative estimate of drug-likeness (QED) is 0.894. The molecule has 0 spiro atoms. The molecule has 0 saturated carbocycles. The van der Waals surface area contributed by atoms with E-state index in [4.69, 9.17) is 0 Å². The fourth-order valence-electron chi connectivity index (χ4n) is 4.01. The Hall–Kier alpha value is -1.88. The number of imidazole rings is 1. The monoisotopic (exact) mass is 298 g/mol. The molecule has 2 aliphatic rings. The number of nitrogens with zero attached hydrogens (tertiary/aromatic N) is 2. The second-order valence-corrected chi connectivity index (χ2v) is 6.80. The highest BCUT2D eigenvalue weighted by atomic mass is 16.2. The molecule has 0 aliphatic carbocycles. The molecule has 0 radical (unpaired) electrons. The summed E-state index contributed by atoms with van der Waals surface area (Å²) in [5.74, 6) is 0.342. The Balaban J connectivity index is 1.49. The number of carbonyl (C=O) groups excluding carboxylic acids is 1. The van der Waals surface area contributed by atoms with Gasteiger partial charge in [0.1, 0.15) is 0 Å². The summed E-state index contributed by atoms with van der Waals surface area (Å²) < 4.78 is 0. The Labute approximate surface area is 130 Å². The summed E-state index contributed by atoms with van der Waals surface area (Å²) in [6.07, 6.45) is 4.63. The number of carbonyl (C=O) groups is 1. The van der Waals surface area contributed by atoms with Gasteiger partial charge in [0.05, 0.1) is 11.0 Å². The standard InChI is InChI=1S/C17H22N4O/c1-10-3-6-14-15(7-10)20-16(19-14)17(22)18-11-8-12-4-5-13(9-11)21(12)2/h3,6-7,11-13H,4-5,8-9H2,1-2H3,(H,18,22)(H,19,20). The van der Waals surface area contributed by atoms with Gasteiger partial charge in [0, 0.05) is 18.1 Å². The summed E-state index contributed by atoms with van der Waals surface area (Å²) in [4.78, 5) is 22.5. The molecule has 5 nitrogen and oxygen atoms in total. The zero-order valence-corrected chi connectivity index (χ0v) is 13.1. The van der Waals surface area contributed by atoms with E-state index >= 15 is 0 Å². The molecule has 2 saturated heterocycles. The molecule has 22 heavy (non-hydrogen) atoms. The van der Waals surface area contributed by atoms with Gasteiger partial charge in [-0.15, -0.1) is 0 Å². The third-order valence-corrected chi connectivity index (χ3v) is 5.29. The van der Waals surface area contributed by atoms with Gasteiger partial charge in [0.2, 0.25) is 0 Å². The lowest BCUT2D eigenvalue weighted by Gasteiger charge is -2.36. The van der Waals surface area contributed by atoms with E-state index in [0.717, 1.165) is 29.4 Å². The predicted octanol–water partition coefficient (Wildman–Crippen LogP) is 2.23. The molecule has 5 heteroatoms. The number of hydrogen-bond donors (Lipinski definition) is 2. The van der Waals surface area contributed by atoms with Crippen LogP contribution in [0.2, 0.25) is 0 Å². The maximum absolute atomic E-state index is 12.5. The second-order valence-electron chi connectivity index (χ2n) is 6.80.